The van der Waals surface area contributed by atoms with Crippen LogP contribution in [0.3, 0.4) is 0 Å². The summed E-state index contributed by atoms with van der Waals surface area (Å²) in [4.78, 5) is 71.5. The molecule has 0 aliphatic carbocycles. The standard InChI is InChI=1S/C60H62N6O7/c1-35(2)45(33-53(67)71-41-13-7-5-8-14-41)58(68)65-29-11-17-49(65)48-32-40(34-61-48)37-19-21-38(22-20-37)43-24-25-44(55-52-28-27-51(73-52)54(43)55)39-23-26-46-47(31-39)63-57(62-46)50-18-12-30-66(50)59(69)56(36(3)4)64-60(70)72-42-15-9-6-10-16-42/h5-10,13-16,19-26,31,34-36,45,49-52,56H,11-12,17-18,27-30,32-33H2,1-4H3,(H,62,63)(H,64,70)/t45-,49-,50-,51?,52?,56-/m0/s1. The van der Waals surface area contributed by atoms with E-state index < -0.39 is 24.0 Å². The predicted octanol–water partition coefficient (Wildman–Crippen LogP) is 11.7. The number of carbonyl (C=O) groups excluding carboxylic acids is 4. The second kappa shape index (κ2) is 20.3. The predicted molar refractivity (Wildman–Crippen MR) is 280 cm³/mol. The molecular weight excluding hydrogens is 917 g/mol. The van der Waals surface area contributed by atoms with Crippen molar-refractivity contribution >= 4 is 46.2 Å². The van der Waals surface area contributed by atoms with Crippen molar-refractivity contribution in [3.63, 3.8) is 0 Å². The number of aromatic amines is 1. The van der Waals surface area contributed by atoms with E-state index in [4.69, 9.17) is 24.2 Å². The summed E-state index contributed by atoms with van der Waals surface area (Å²) in [7, 11) is 0. The van der Waals surface area contributed by atoms with Crippen LogP contribution in [0.2, 0.25) is 0 Å². The van der Waals surface area contributed by atoms with E-state index in [1.54, 1.807) is 36.4 Å². The third kappa shape index (κ3) is 9.58. The molecule has 374 valence electrons. The zero-order chi connectivity index (χ0) is 50.3. The van der Waals surface area contributed by atoms with Gasteiger partial charge in [-0.2, -0.15) is 0 Å². The lowest BCUT2D eigenvalue weighted by atomic mass is 9.81. The Morgan fingerprint density at radius 2 is 1.29 bits per heavy atom. The molecule has 5 aliphatic heterocycles. The first-order valence-corrected chi connectivity index (χ1v) is 26.1. The number of esters is 1. The number of aliphatic imine (C=N–C) groups is 1. The van der Waals surface area contributed by atoms with Gasteiger partial charge in [-0.15, -0.1) is 0 Å². The molecule has 1 aromatic heterocycles. The minimum atomic E-state index is -0.759. The van der Waals surface area contributed by atoms with Crippen LogP contribution in [0.5, 0.6) is 11.5 Å². The second-order valence-corrected chi connectivity index (χ2v) is 20.9. The summed E-state index contributed by atoms with van der Waals surface area (Å²) >= 11 is 0. The molecule has 3 amide bonds. The summed E-state index contributed by atoms with van der Waals surface area (Å²) in [5.41, 5.74) is 12.0. The molecule has 2 bridgehead atoms. The van der Waals surface area contributed by atoms with Crippen LogP contribution >= 0.6 is 0 Å². The quantitative estimate of drug-likeness (QED) is 0.0807. The number of H-pyrrole nitrogens is 1. The Bertz CT molecular complexity index is 3130. The number of nitrogens with one attached hydrogen (secondary N) is 2. The summed E-state index contributed by atoms with van der Waals surface area (Å²) < 4.78 is 17.7. The topological polar surface area (TPSA) is 156 Å². The van der Waals surface area contributed by atoms with Crippen molar-refractivity contribution in [2.75, 3.05) is 13.1 Å². The van der Waals surface area contributed by atoms with E-state index in [0.717, 1.165) is 88.9 Å². The van der Waals surface area contributed by atoms with E-state index in [1.165, 1.54) is 16.7 Å². The lowest BCUT2D eigenvalue weighted by Crippen LogP contribution is -2.51. The zero-order valence-corrected chi connectivity index (χ0v) is 41.9. The molecule has 6 atom stereocenters. The smallest absolute Gasteiger partial charge is 0.413 e. The number of likely N-dealkylation sites (tertiary alicyclic amines) is 2. The van der Waals surface area contributed by atoms with Crippen molar-refractivity contribution in [2.24, 2.45) is 22.7 Å². The van der Waals surface area contributed by atoms with Gasteiger partial charge in [-0.05, 0) is 131 Å². The molecule has 0 radical (unpaired) electrons. The Kier molecular flexibility index (Phi) is 13.3. The van der Waals surface area contributed by atoms with Gasteiger partial charge >= 0.3 is 12.1 Å². The number of hydrogen-bond donors (Lipinski definition) is 2. The molecule has 13 nitrogen and oxygen atoms in total. The molecule has 73 heavy (non-hydrogen) atoms. The third-order valence-corrected chi connectivity index (χ3v) is 15.5. The van der Waals surface area contributed by atoms with Gasteiger partial charge in [-0.25, -0.2) is 9.78 Å². The second-order valence-electron chi connectivity index (χ2n) is 20.9. The largest absolute Gasteiger partial charge is 0.427 e. The molecule has 2 unspecified atom stereocenters. The van der Waals surface area contributed by atoms with Crippen LogP contribution in [0.4, 0.5) is 4.79 Å². The molecule has 3 saturated heterocycles. The zero-order valence-electron chi connectivity index (χ0n) is 41.9. The van der Waals surface area contributed by atoms with E-state index >= 15 is 0 Å². The van der Waals surface area contributed by atoms with Crippen LogP contribution in [0.25, 0.3) is 38.9 Å². The third-order valence-electron chi connectivity index (χ3n) is 15.5. The summed E-state index contributed by atoms with van der Waals surface area (Å²) in [6, 6.07) is 36.3. The fourth-order valence-corrected chi connectivity index (χ4v) is 11.7. The molecule has 5 aliphatic rings. The monoisotopic (exact) mass is 978 g/mol. The first-order valence-electron chi connectivity index (χ1n) is 26.1. The maximum absolute atomic E-state index is 14.1. The summed E-state index contributed by atoms with van der Waals surface area (Å²) in [6.45, 7) is 9.05. The molecule has 3 fully saturated rings. The maximum atomic E-state index is 14.1. The minimum absolute atomic E-state index is 0.00702. The van der Waals surface area contributed by atoms with Crippen molar-refractivity contribution in [1.82, 2.24) is 25.1 Å². The lowest BCUT2D eigenvalue weighted by Gasteiger charge is -2.30. The van der Waals surface area contributed by atoms with Gasteiger partial charge in [0.1, 0.15) is 23.4 Å². The number of benzene rings is 5. The van der Waals surface area contributed by atoms with Gasteiger partial charge in [0.25, 0.3) is 0 Å². The molecule has 11 rings (SSSR count). The highest BCUT2D eigenvalue weighted by Gasteiger charge is 2.43. The molecule has 5 aromatic carbocycles. The van der Waals surface area contributed by atoms with Crippen molar-refractivity contribution < 1.29 is 33.4 Å². The van der Waals surface area contributed by atoms with E-state index in [-0.39, 0.29) is 54.4 Å². The van der Waals surface area contributed by atoms with Crippen LogP contribution < -0.4 is 14.8 Å². The summed E-state index contributed by atoms with van der Waals surface area (Å²) in [6.07, 6.45) is 7.34. The Balaban J connectivity index is 0.771. The van der Waals surface area contributed by atoms with E-state index in [2.05, 4.69) is 64.9 Å². The number of ether oxygens (including phenoxy) is 3. The molecule has 2 N–H and O–H groups in total. The number of para-hydroxylation sites is 2. The number of carbonyl (C=O) groups is 4. The number of imidazole rings is 1. The molecule has 6 heterocycles. The van der Waals surface area contributed by atoms with Crippen molar-refractivity contribution in [3.8, 4) is 33.8 Å². The average Bonchev–Trinajstić information content (AvgIpc) is 4.27. The number of hydrogen-bond acceptors (Lipinski definition) is 9. The molecule has 13 heteroatoms. The highest BCUT2D eigenvalue weighted by Crippen LogP contribution is 2.56. The summed E-state index contributed by atoms with van der Waals surface area (Å²) in [5, 5.41) is 2.83. The van der Waals surface area contributed by atoms with Gasteiger partial charge in [0.15, 0.2) is 0 Å². The number of amides is 3. The molecule has 6 aromatic rings. The molecule has 0 spiro atoms. The van der Waals surface area contributed by atoms with Gasteiger partial charge in [0.05, 0.1) is 47.7 Å². The average molecular weight is 979 g/mol. The number of allylic oxidation sites excluding steroid dienone is 1. The highest BCUT2D eigenvalue weighted by atomic mass is 16.6. The number of aromatic nitrogens is 2. The van der Waals surface area contributed by atoms with Crippen molar-refractivity contribution in [2.45, 2.75) is 109 Å². The fraction of sp³-hybridized carbons (Fsp3) is 0.367. The van der Waals surface area contributed by atoms with Crippen molar-refractivity contribution in [1.29, 1.82) is 0 Å². The Morgan fingerprint density at radius 1 is 0.685 bits per heavy atom. The van der Waals surface area contributed by atoms with Gasteiger partial charge in [-0.1, -0.05) is 107 Å². The Labute approximate surface area is 426 Å². The summed E-state index contributed by atoms with van der Waals surface area (Å²) in [5.74, 6) is 0.403. The van der Waals surface area contributed by atoms with Crippen LogP contribution in [0.1, 0.15) is 120 Å². The van der Waals surface area contributed by atoms with Gasteiger partial charge in [-0.3, -0.25) is 19.4 Å². The highest BCUT2D eigenvalue weighted by molar-refractivity contribution is 6.03. The van der Waals surface area contributed by atoms with Crippen LogP contribution in [0.15, 0.2) is 126 Å². The van der Waals surface area contributed by atoms with Crippen molar-refractivity contribution in [3.05, 3.63) is 144 Å². The van der Waals surface area contributed by atoms with E-state index in [0.29, 0.717) is 31.0 Å². The minimum Gasteiger partial charge on any atom is -0.427 e. The number of fused-ring (bicyclic) bond motifs is 6. The normalized spacial score (nSPS) is 20.8. The first-order chi connectivity index (χ1) is 35.5. The van der Waals surface area contributed by atoms with Gasteiger partial charge < -0.3 is 34.3 Å². The Hall–Kier alpha value is -7.38. The van der Waals surface area contributed by atoms with Gasteiger partial charge in [0.2, 0.25) is 11.8 Å². The van der Waals surface area contributed by atoms with Crippen LogP contribution in [0, 0.1) is 17.8 Å². The van der Waals surface area contributed by atoms with E-state index in [1.807, 2.05) is 68.0 Å². The van der Waals surface area contributed by atoms with Crippen LogP contribution in [-0.4, -0.2) is 74.5 Å². The maximum Gasteiger partial charge on any atom is 0.413 e. The molecule has 0 saturated carbocycles. The fourth-order valence-electron chi connectivity index (χ4n) is 11.7. The molecular formula is C60H62N6O7. The van der Waals surface area contributed by atoms with Gasteiger partial charge in [0, 0.05) is 31.4 Å². The van der Waals surface area contributed by atoms with Crippen LogP contribution in [-0.2, 0) is 19.1 Å². The number of nitrogens with zero attached hydrogens (tertiary/aromatic N) is 4. The number of rotatable bonds is 14. The lowest BCUT2D eigenvalue weighted by molar-refractivity contribution is -0.144. The van der Waals surface area contributed by atoms with E-state index in [9.17, 15) is 19.2 Å². The SMILES string of the molecule is CC(C)[C@H](CC(=O)Oc1ccccc1)C(=O)N1CCC[C@H]1C1=NC=C(c2ccc(-c3ccc(-c4ccc5nc([C@@H]6CCCN6C(=O)[C@@H](NC(=O)Oc6ccccc6)C(C)C)[nH]c5c4)c4c3C3CCC4O3)cc2)C1. The Morgan fingerprint density at radius 3 is 1.95 bits per heavy atom. The first kappa shape index (κ1) is 47.9.